The Balaban J connectivity index is 3.05. The van der Waals surface area contributed by atoms with Crippen LogP contribution in [0, 0.1) is 15.0 Å². The maximum atomic E-state index is 9.00. The van der Waals surface area contributed by atoms with Gasteiger partial charge in [0.1, 0.15) is 0 Å². The Morgan fingerprint density at radius 3 is 2.33 bits per heavy atom. The number of hydrogen-bond acceptors (Lipinski definition) is 4. The van der Waals surface area contributed by atoms with Crippen LogP contribution < -0.4 is 5.53 Å². The molecule has 0 unspecified atom stereocenters. The molecule has 0 aliphatic heterocycles. The zero-order valence-electron chi connectivity index (χ0n) is 2.62. The summed E-state index contributed by atoms with van der Waals surface area (Å²) in [6.45, 7) is 0. The highest BCUT2D eigenvalue weighted by Gasteiger charge is 1.81. The van der Waals surface area contributed by atoms with Gasteiger partial charge in [0, 0.05) is 10.4 Å². The second kappa shape index (κ2) is 2.06. The van der Waals surface area contributed by atoms with Crippen LogP contribution in [0.3, 0.4) is 0 Å². The largest absolute Gasteiger partial charge is 0.339 e. The first-order valence-corrected chi connectivity index (χ1v) is 0.995. The van der Waals surface area contributed by atoms with E-state index in [9.17, 15) is 0 Å². The number of nitrogens with zero attached hydrogens (tertiary/aromatic N) is 2. The Labute approximate surface area is 32.2 Å². The van der Waals surface area contributed by atoms with Crippen LogP contribution >= 0.6 is 0 Å². The van der Waals surface area contributed by atoms with Crippen molar-refractivity contribution in [3.8, 4) is 0 Å². The molecule has 0 aromatic heterocycles. The van der Waals surface area contributed by atoms with Crippen molar-refractivity contribution in [2.24, 2.45) is 5.29 Å². The standard InChI is InChI=1S/HN3O3/c4-2-1-3(5)6/h(H,1,4). The SMILES string of the molecule is O=NN[N+](=O)[O-]. The molecule has 0 bridgehead atoms. The molecule has 0 radical (unpaired) electrons. The van der Waals surface area contributed by atoms with Gasteiger partial charge in [-0.05, 0) is 0 Å². The molecule has 0 amide bonds. The number of nitroso groups, excluding NO2 is 1. The first kappa shape index (κ1) is 4.80. The Kier molecular flexibility index (Phi) is 1.65. The van der Waals surface area contributed by atoms with Crippen molar-refractivity contribution in [2.45, 2.75) is 0 Å². The first-order chi connectivity index (χ1) is 2.77. The molecule has 6 nitrogen and oxygen atoms in total. The fraction of sp³-hybridized carbons (Fsp3) is 0. The van der Waals surface area contributed by atoms with Gasteiger partial charge in [0.25, 0.3) is 0 Å². The third kappa shape index (κ3) is 2.80. The molecule has 34 valence electrons. The van der Waals surface area contributed by atoms with Gasteiger partial charge in [-0.2, -0.15) is 0 Å². The summed E-state index contributed by atoms with van der Waals surface area (Å²) in [5.41, 5.74) is 1.00. The average molecular weight is 91.0 g/mol. The number of hydrazine groups is 1. The summed E-state index contributed by atoms with van der Waals surface area (Å²) in [6, 6.07) is 0. The van der Waals surface area contributed by atoms with E-state index in [-0.39, 0.29) is 0 Å². The van der Waals surface area contributed by atoms with Crippen molar-refractivity contribution in [3.05, 3.63) is 15.0 Å². The molecule has 0 heterocycles. The minimum atomic E-state index is -1.05. The van der Waals surface area contributed by atoms with Gasteiger partial charge in [-0.1, -0.05) is 0 Å². The van der Waals surface area contributed by atoms with Crippen LogP contribution in [0.4, 0.5) is 0 Å². The van der Waals surface area contributed by atoms with Crippen molar-refractivity contribution < 1.29 is 5.03 Å². The maximum absolute atomic E-state index is 9.00. The smallest absolute Gasteiger partial charge is 0.307 e. The number of rotatable bonds is 2. The minimum absolute atomic E-state index is 1.00. The highest BCUT2D eigenvalue weighted by atomic mass is 16.7. The summed E-state index contributed by atoms with van der Waals surface area (Å²) >= 11 is 0. The molecule has 6 heavy (non-hydrogen) atoms. The van der Waals surface area contributed by atoms with Gasteiger partial charge >= 0.3 is 5.29 Å². The van der Waals surface area contributed by atoms with E-state index in [1.54, 1.807) is 5.29 Å². The van der Waals surface area contributed by atoms with Crippen molar-refractivity contribution in [1.82, 2.24) is 5.53 Å². The molecule has 0 atom stereocenters. The van der Waals surface area contributed by atoms with Gasteiger partial charge in [0.05, 0.1) is 5.03 Å². The number of nitrogens with one attached hydrogen (secondary N) is 1. The topological polar surface area (TPSA) is 84.6 Å². The van der Waals surface area contributed by atoms with Gasteiger partial charge in [0.2, 0.25) is 0 Å². The molecular formula is HN3O3. The zero-order chi connectivity index (χ0) is 4.99. The minimum Gasteiger partial charge on any atom is -0.339 e. The predicted octanol–water partition coefficient (Wildman–Crippen LogP) is -0.551. The molecule has 1 N–H and O–H groups in total. The molecule has 0 aromatic rings. The van der Waals surface area contributed by atoms with E-state index in [4.69, 9.17) is 15.0 Å². The lowest BCUT2D eigenvalue weighted by atomic mass is 12.4. The normalized spacial score (nSPS) is 6.67. The molecule has 0 aliphatic carbocycles. The number of hydrogen-bond donors (Lipinski definition) is 1. The van der Waals surface area contributed by atoms with Crippen LogP contribution in [-0.4, -0.2) is 5.03 Å². The molecular weight excluding hydrogens is 90.0 g/mol. The Morgan fingerprint density at radius 2 is 2.33 bits per heavy atom. The van der Waals surface area contributed by atoms with Crippen LogP contribution in [0.5, 0.6) is 0 Å². The maximum Gasteiger partial charge on any atom is 0.307 e. The first-order valence-electron chi connectivity index (χ1n) is 0.995. The quantitative estimate of drug-likeness (QED) is 0.280. The Bertz CT molecular complexity index is 66.4. The van der Waals surface area contributed by atoms with Crippen molar-refractivity contribution in [1.29, 1.82) is 0 Å². The summed E-state index contributed by atoms with van der Waals surface area (Å²) in [6.07, 6.45) is 0. The van der Waals surface area contributed by atoms with Crippen LogP contribution in [0.1, 0.15) is 0 Å². The summed E-state index contributed by atoms with van der Waals surface area (Å²) in [4.78, 5) is 17.8. The van der Waals surface area contributed by atoms with Gasteiger partial charge in [-0.3, -0.25) is 0 Å². The molecule has 0 saturated carbocycles. The third-order valence-electron chi connectivity index (χ3n) is 0.122. The van der Waals surface area contributed by atoms with Gasteiger partial charge in [-0.25, -0.2) is 0 Å². The average Bonchev–Trinajstić information content (AvgIpc) is 1.35. The van der Waals surface area contributed by atoms with Crippen molar-refractivity contribution >= 4 is 0 Å². The Hall–Kier alpha value is -1.20. The molecule has 0 spiro atoms. The van der Waals surface area contributed by atoms with Crippen LogP contribution in [-0.2, 0) is 0 Å². The summed E-state index contributed by atoms with van der Waals surface area (Å²) in [5.74, 6) is 0. The van der Waals surface area contributed by atoms with E-state index in [1.807, 2.05) is 0 Å². The summed E-state index contributed by atoms with van der Waals surface area (Å²) in [5, 5.41) is 9.69. The molecule has 0 aliphatic rings. The van der Waals surface area contributed by atoms with E-state index in [2.05, 4.69) is 0 Å². The second-order valence-corrected chi connectivity index (χ2v) is 0.448. The fourth-order valence-electron chi connectivity index (χ4n) is 0.0333. The second-order valence-electron chi connectivity index (χ2n) is 0.448. The van der Waals surface area contributed by atoms with Crippen LogP contribution in [0.25, 0.3) is 0 Å². The molecule has 0 saturated heterocycles. The van der Waals surface area contributed by atoms with E-state index in [1.165, 1.54) is 0 Å². The molecule has 0 rings (SSSR count). The third-order valence-corrected chi connectivity index (χ3v) is 0.122. The van der Waals surface area contributed by atoms with Crippen molar-refractivity contribution in [3.63, 3.8) is 0 Å². The van der Waals surface area contributed by atoms with Crippen LogP contribution in [0.15, 0.2) is 5.29 Å². The van der Waals surface area contributed by atoms with E-state index in [0.717, 1.165) is 5.53 Å². The lowest BCUT2D eigenvalue weighted by Gasteiger charge is -1.78. The Morgan fingerprint density at radius 1 is 1.83 bits per heavy atom. The predicted molar refractivity (Wildman–Crippen MR) is 15.9 cm³/mol. The lowest BCUT2D eigenvalue weighted by molar-refractivity contribution is -0.545. The lowest BCUT2D eigenvalue weighted by Crippen LogP contribution is -2.12. The number of nitro groups is 1. The van der Waals surface area contributed by atoms with Crippen LogP contribution in [0.2, 0.25) is 0 Å². The van der Waals surface area contributed by atoms with Gasteiger partial charge in [-0.15, -0.1) is 0 Å². The van der Waals surface area contributed by atoms with Gasteiger partial charge in [0.15, 0.2) is 0 Å². The highest BCUT2D eigenvalue weighted by molar-refractivity contribution is 4.03. The molecule has 0 aromatic carbocycles. The summed E-state index contributed by atoms with van der Waals surface area (Å²) in [7, 11) is 0. The zero-order valence-corrected chi connectivity index (χ0v) is 2.62. The molecule has 6 heteroatoms. The van der Waals surface area contributed by atoms with Crippen molar-refractivity contribution in [2.75, 3.05) is 0 Å². The van der Waals surface area contributed by atoms with E-state index in [0.29, 0.717) is 0 Å². The van der Waals surface area contributed by atoms with Gasteiger partial charge < -0.3 is 10.1 Å². The van der Waals surface area contributed by atoms with E-state index < -0.39 is 5.03 Å². The van der Waals surface area contributed by atoms with E-state index >= 15 is 0 Å². The molecule has 0 fully saturated rings. The fourth-order valence-corrected chi connectivity index (χ4v) is 0.0333. The highest BCUT2D eigenvalue weighted by Crippen LogP contribution is 1.51. The monoisotopic (exact) mass is 91.0 g/mol. The summed E-state index contributed by atoms with van der Waals surface area (Å²) < 4.78 is 0.